The Balaban J connectivity index is 1.57. The minimum atomic E-state index is -0.604. The molecule has 2 atom stereocenters. The third kappa shape index (κ3) is 5.04. The van der Waals surface area contributed by atoms with Crippen LogP contribution < -0.4 is 4.74 Å². The van der Waals surface area contributed by atoms with Crippen LogP contribution in [-0.2, 0) is 9.47 Å². The summed E-state index contributed by atoms with van der Waals surface area (Å²) >= 11 is 0. The molecule has 142 valence electrons. The van der Waals surface area contributed by atoms with E-state index in [1.165, 1.54) is 12.1 Å². The number of nitro benzene ring substituents is 1. The number of carbonyl (C=O) groups is 1. The van der Waals surface area contributed by atoms with Crippen LogP contribution in [0.4, 0.5) is 5.69 Å². The van der Waals surface area contributed by atoms with Gasteiger partial charge in [0.25, 0.3) is 5.69 Å². The molecular weight excluding hydrogens is 350 g/mol. The Morgan fingerprint density at radius 3 is 2.74 bits per heavy atom. The lowest BCUT2D eigenvalue weighted by Crippen LogP contribution is -2.16. The van der Waals surface area contributed by atoms with Gasteiger partial charge in [-0.3, -0.25) is 10.1 Å². The lowest BCUT2D eigenvalue weighted by molar-refractivity contribution is -0.385. The summed E-state index contributed by atoms with van der Waals surface area (Å²) in [7, 11) is 0. The Hall–Kier alpha value is -2.93. The Kier molecular flexibility index (Phi) is 6.03. The minimum absolute atomic E-state index is 0.0388. The van der Waals surface area contributed by atoms with Gasteiger partial charge in [-0.15, -0.1) is 0 Å². The van der Waals surface area contributed by atoms with Crippen molar-refractivity contribution >= 4 is 11.7 Å². The summed E-state index contributed by atoms with van der Waals surface area (Å²) < 4.78 is 16.6. The Morgan fingerprint density at radius 2 is 2.07 bits per heavy atom. The molecule has 1 aliphatic heterocycles. The number of ether oxygens (including phenoxy) is 3. The highest BCUT2D eigenvalue weighted by Crippen LogP contribution is 2.23. The van der Waals surface area contributed by atoms with Crippen LogP contribution in [0.1, 0.15) is 41.8 Å². The maximum atomic E-state index is 12.3. The first-order chi connectivity index (χ1) is 13.0. The number of nitrogens with zero attached hydrogens (tertiary/aromatic N) is 1. The molecule has 1 fully saturated rings. The number of carbonyl (C=O) groups excluding carboxylic acids is 1. The van der Waals surface area contributed by atoms with Gasteiger partial charge in [0.2, 0.25) is 0 Å². The maximum absolute atomic E-state index is 12.3. The first-order valence-corrected chi connectivity index (χ1v) is 8.83. The zero-order valence-corrected chi connectivity index (χ0v) is 15.0. The Bertz CT molecular complexity index is 798. The summed E-state index contributed by atoms with van der Waals surface area (Å²) in [4.78, 5) is 22.7. The molecule has 1 saturated heterocycles. The topological polar surface area (TPSA) is 87.9 Å². The SMILES string of the molecule is C[C@@H](OC(=O)c1ccc(OC[C@@H]2CCCO2)cc1)c1cccc([N+](=O)[O-])c1. The van der Waals surface area contributed by atoms with Gasteiger partial charge < -0.3 is 14.2 Å². The molecule has 2 aromatic carbocycles. The van der Waals surface area contributed by atoms with Crippen molar-refractivity contribution in [3.05, 3.63) is 69.8 Å². The number of hydrogen-bond donors (Lipinski definition) is 0. The highest BCUT2D eigenvalue weighted by Gasteiger charge is 2.18. The highest BCUT2D eigenvalue weighted by atomic mass is 16.6. The molecular formula is C20H21NO6. The van der Waals surface area contributed by atoms with Gasteiger partial charge in [-0.25, -0.2) is 4.79 Å². The molecule has 0 radical (unpaired) electrons. The van der Waals surface area contributed by atoms with Crippen LogP contribution in [0.25, 0.3) is 0 Å². The van der Waals surface area contributed by atoms with Crippen LogP contribution in [0.2, 0.25) is 0 Å². The molecule has 0 amide bonds. The van der Waals surface area contributed by atoms with Gasteiger partial charge in [-0.05, 0) is 49.6 Å². The zero-order chi connectivity index (χ0) is 19.2. The van der Waals surface area contributed by atoms with Crippen LogP contribution in [0.15, 0.2) is 48.5 Å². The largest absolute Gasteiger partial charge is 0.491 e. The third-order valence-corrected chi connectivity index (χ3v) is 4.38. The molecule has 7 heteroatoms. The molecule has 0 saturated carbocycles. The Morgan fingerprint density at radius 1 is 1.30 bits per heavy atom. The summed E-state index contributed by atoms with van der Waals surface area (Å²) in [5, 5.41) is 10.9. The molecule has 0 spiro atoms. The van der Waals surface area contributed by atoms with E-state index in [4.69, 9.17) is 14.2 Å². The van der Waals surface area contributed by atoms with Gasteiger partial charge in [0.05, 0.1) is 16.6 Å². The van der Waals surface area contributed by atoms with Gasteiger partial charge in [0.15, 0.2) is 0 Å². The normalized spacial score (nSPS) is 17.3. The minimum Gasteiger partial charge on any atom is -0.491 e. The van der Waals surface area contributed by atoms with Crippen molar-refractivity contribution in [1.29, 1.82) is 0 Å². The molecule has 1 heterocycles. The van der Waals surface area contributed by atoms with Crippen molar-refractivity contribution in [3.63, 3.8) is 0 Å². The summed E-state index contributed by atoms with van der Waals surface area (Å²) in [5.41, 5.74) is 0.911. The highest BCUT2D eigenvalue weighted by molar-refractivity contribution is 5.89. The van der Waals surface area contributed by atoms with Gasteiger partial charge in [-0.1, -0.05) is 12.1 Å². The van der Waals surface area contributed by atoms with E-state index in [0.29, 0.717) is 23.5 Å². The van der Waals surface area contributed by atoms with Crippen molar-refractivity contribution in [2.75, 3.05) is 13.2 Å². The molecule has 7 nitrogen and oxygen atoms in total. The zero-order valence-electron chi connectivity index (χ0n) is 15.0. The molecule has 3 rings (SSSR count). The molecule has 2 aromatic rings. The van der Waals surface area contributed by atoms with Gasteiger partial charge in [0, 0.05) is 18.7 Å². The fourth-order valence-corrected chi connectivity index (χ4v) is 2.84. The second-order valence-corrected chi connectivity index (χ2v) is 6.37. The first-order valence-electron chi connectivity index (χ1n) is 8.83. The lowest BCUT2D eigenvalue weighted by atomic mass is 10.1. The van der Waals surface area contributed by atoms with E-state index in [0.717, 1.165) is 19.4 Å². The smallest absolute Gasteiger partial charge is 0.338 e. The van der Waals surface area contributed by atoms with Gasteiger partial charge >= 0.3 is 5.97 Å². The van der Waals surface area contributed by atoms with E-state index in [2.05, 4.69) is 0 Å². The lowest BCUT2D eigenvalue weighted by Gasteiger charge is -2.14. The fraction of sp³-hybridized carbons (Fsp3) is 0.350. The Labute approximate surface area is 157 Å². The second kappa shape index (κ2) is 8.64. The number of nitro groups is 1. The van der Waals surface area contributed by atoms with Gasteiger partial charge in [-0.2, -0.15) is 0 Å². The predicted octanol–water partition coefficient (Wildman–Crippen LogP) is 4.07. The average Bonchev–Trinajstić information content (AvgIpc) is 3.20. The summed E-state index contributed by atoms with van der Waals surface area (Å²) in [6.45, 7) is 2.95. The number of benzene rings is 2. The number of rotatable bonds is 7. The van der Waals surface area contributed by atoms with E-state index in [-0.39, 0.29) is 11.8 Å². The standard InChI is InChI=1S/C20H21NO6/c1-14(16-4-2-5-17(12-16)21(23)24)27-20(22)15-7-9-18(10-8-15)26-13-19-6-3-11-25-19/h2,4-5,7-10,12,14,19H,3,6,11,13H2,1H3/t14-,19+/m1/s1. The van der Waals surface area contributed by atoms with E-state index < -0.39 is 17.0 Å². The molecule has 27 heavy (non-hydrogen) atoms. The maximum Gasteiger partial charge on any atom is 0.338 e. The molecule has 0 aromatic heterocycles. The van der Waals surface area contributed by atoms with Crippen molar-refractivity contribution < 1.29 is 23.9 Å². The molecule has 0 N–H and O–H groups in total. The quantitative estimate of drug-likeness (QED) is 0.414. The van der Waals surface area contributed by atoms with Crippen LogP contribution in [0, 0.1) is 10.1 Å². The summed E-state index contributed by atoms with van der Waals surface area (Å²) in [6, 6.07) is 12.7. The van der Waals surface area contributed by atoms with Crippen LogP contribution in [0.3, 0.4) is 0 Å². The number of non-ortho nitro benzene ring substituents is 1. The van der Waals surface area contributed by atoms with Crippen LogP contribution in [0.5, 0.6) is 5.75 Å². The number of hydrogen-bond acceptors (Lipinski definition) is 6. The van der Waals surface area contributed by atoms with Crippen molar-refractivity contribution in [2.24, 2.45) is 0 Å². The molecule has 0 bridgehead atoms. The fourth-order valence-electron chi connectivity index (χ4n) is 2.84. The van der Waals surface area contributed by atoms with E-state index in [9.17, 15) is 14.9 Å². The monoisotopic (exact) mass is 371 g/mol. The summed E-state index contributed by atoms with van der Waals surface area (Å²) in [6.07, 6.45) is 1.58. The van der Waals surface area contributed by atoms with Gasteiger partial charge in [0.1, 0.15) is 18.5 Å². The second-order valence-electron chi connectivity index (χ2n) is 6.37. The summed E-state index contributed by atoms with van der Waals surface area (Å²) in [5.74, 6) is 0.161. The molecule has 1 aliphatic rings. The van der Waals surface area contributed by atoms with E-state index >= 15 is 0 Å². The van der Waals surface area contributed by atoms with Crippen molar-refractivity contribution in [1.82, 2.24) is 0 Å². The van der Waals surface area contributed by atoms with E-state index in [1.54, 1.807) is 43.3 Å². The average molecular weight is 371 g/mol. The van der Waals surface area contributed by atoms with Crippen LogP contribution in [-0.4, -0.2) is 30.2 Å². The molecule has 0 aliphatic carbocycles. The van der Waals surface area contributed by atoms with E-state index in [1.807, 2.05) is 0 Å². The number of esters is 1. The predicted molar refractivity (Wildman–Crippen MR) is 97.8 cm³/mol. The molecule has 0 unspecified atom stereocenters. The first kappa shape index (κ1) is 18.8. The van der Waals surface area contributed by atoms with Crippen LogP contribution >= 0.6 is 0 Å². The van der Waals surface area contributed by atoms with Crippen molar-refractivity contribution in [3.8, 4) is 5.75 Å². The third-order valence-electron chi connectivity index (χ3n) is 4.38. The van der Waals surface area contributed by atoms with Crippen molar-refractivity contribution in [2.45, 2.75) is 32.0 Å².